The first kappa shape index (κ1) is 18.0. The van der Waals surface area contributed by atoms with Crippen LogP contribution in [-0.2, 0) is 0 Å². The minimum atomic E-state index is -1.03. The summed E-state index contributed by atoms with van der Waals surface area (Å²) in [6.45, 7) is 0.575. The fourth-order valence-corrected chi connectivity index (χ4v) is 3.21. The lowest BCUT2D eigenvalue weighted by Gasteiger charge is -2.30. The third kappa shape index (κ3) is 3.28. The van der Waals surface area contributed by atoms with E-state index in [1.165, 1.54) is 12.0 Å². The van der Waals surface area contributed by atoms with Crippen LogP contribution in [0.3, 0.4) is 0 Å². The summed E-state index contributed by atoms with van der Waals surface area (Å²) in [6.07, 6.45) is 3.05. The standard InChI is InChI=1S/C18H18FN5O4/c1-27-16-14(19)17(28-11-5-4-7-23(10-11)18(25)26)22-15(21-16)12-9-20-24-8-3-2-6-13(12)24/h2-3,6,8-9,11H,4-5,7,10H2,1H3,(H,25,26)/t11-/m1/s1. The summed E-state index contributed by atoms with van der Waals surface area (Å²) < 4.78 is 27.1. The fourth-order valence-electron chi connectivity index (χ4n) is 3.21. The van der Waals surface area contributed by atoms with Crippen molar-refractivity contribution in [1.29, 1.82) is 0 Å². The summed E-state index contributed by atoms with van der Waals surface area (Å²) in [5.74, 6) is -1.13. The van der Waals surface area contributed by atoms with E-state index in [1.54, 1.807) is 16.9 Å². The molecule has 0 radical (unpaired) electrons. The monoisotopic (exact) mass is 387 g/mol. The van der Waals surface area contributed by atoms with Crippen LogP contribution in [0, 0.1) is 5.82 Å². The number of methoxy groups -OCH3 is 1. The highest BCUT2D eigenvalue weighted by atomic mass is 19.1. The second-order valence-electron chi connectivity index (χ2n) is 6.37. The van der Waals surface area contributed by atoms with Gasteiger partial charge in [0.1, 0.15) is 6.10 Å². The minimum absolute atomic E-state index is 0.146. The molecule has 9 nitrogen and oxygen atoms in total. The maximum atomic E-state index is 14.7. The SMILES string of the molecule is COc1nc(-c2cnn3ccccc23)nc(O[C@@H]2CCCN(C(=O)O)C2)c1F. The van der Waals surface area contributed by atoms with Gasteiger partial charge in [-0.1, -0.05) is 6.07 Å². The molecule has 1 N–H and O–H groups in total. The Morgan fingerprint density at radius 2 is 2.14 bits per heavy atom. The third-order valence-electron chi connectivity index (χ3n) is 4.58. The number of hydrogen-bond acceptors (Lipinski definition) is 6. The van der Waals surface area contributed by atoms with Crippen molar-refractivity contribution >= 4 is 11.6 Å². The minimum Gasteiger partial charge on any atom is -0.479 e. The lowest BCUT2D eigenvalue weighted by Crippen LogP contribution is -2.43. The first-order chi connectivity index (χ1) is 13.6. The number of ether oxygens (including phenoxy) is 2. The molecule has 0 spiro atoms. The van der Waals surface area contributed by atoms with Crippen LogP contribution in [-0.4, -0.2) is 62.0 Å². The highest BCUT2D eigenvalue weighted by Gasteiger charge is 2.27. The Morgan fingerprint density at radius 3 is 2.93 bits per heavy atom. The van der Waals surface area contributed by atoms with Crippen molar-refractivity contribution < 1.29 is 23.8 Å². The molecule has 3 aromatic rings. The molecule has 1 aliphatic heterocycles. The second-order valence-corrected chi connectivity index (χ2v) is 6.37. The highest BCUT2D eigenvalue weighted by Crippen LogP contribution is 2.30. The Bertz CT molecular complexity index is 1020. The molecular weight excluding hydrogens is 369 g/mol. The highest BCUT2D eigenvalue weighted by molar-refractivity contribution is 5.75. The van der Waals surface area contributed by atoms with Crippen LogP contribution in [0.25, 0.3) is 16.9 Å². The first-order valence-corrected chi connectivity index (χ1v) is 8.75. The smallest absolute Gasteiger partial charge is 0.407 e. The van der Waals surface area contributed by atoms with Crippen LogP contribution >= 0.6 is 0 Å². The van der Waals surface area contributed by atoms with E-state index in [9.17, 15) is 9.18 Å². The van der Waals surface area contributed by atoms with Crippen LogP contribution in [0.5, 0.6) is 11.8 Å². The predicted molar refractivity (Wildman–Crippen MR) is 96.0 cm³/mol. The molecule has 1 fully saturated rings. The number of carboxylic acid groups (broad SMARTS) is 1. The van der Waals surface area contributed by atoms with E-state index < -0.39 is 18.0 Å². The molecule has 0 aromatic carbocycles. The van der Waals surface area contributed by atoms with Gasteiger partial charge < -0.3 is 19.5 Å². The zero-order chi connectivity index (χ0) is 19.7. The Balaban J connectivity index is 1.70. The zero-order valence-electron chi connectivity index (χ0n) is 15.1. The van der Waals surface area contributed by atoms with Crippen LogP contribution in [0.2, 0.25) is 0 Å². The third-order valence-corrected chi connectivity index (χ3v) is 4.58. The van der Waals surface area contributed by atoms with E-state index in [-0.39, 0.29) is 24.1 Å². The van der Waals surface area contributed by atoms with Crippen LogP contribution < -0.4 is 9.47 Å². The van der Waals surface area contributed by atoms with Gasteiger partial charge in [-0.05, 0) is 25.0 Å². The predicted octanol–water partition coefficient (Wildman–Crippen LogP) is 2.46. The van der Waals surface area contributed by atoms with E-state index in [0.717, 1.165) is 5.52 Å². The van der Waals surface area contributed by atoms with Crippen LogP contribution in [0.4, 0.5) is 9.18 Å². The number of rotatable bonds is 4. The number of pyridine rings is 1. The average Bonchev–Trinajstić information content (AvgIpc) is 3.14. The van der Waals surface area contributed by atoms with Gasteiger partial charge in [0.05, 0.1) is 30.9 Å². The first-order valence-electron chi connectivity index (χ1n) is 8.75. The number of fused-ring (bicyclic) bond motifs is 1. The maximum absolute atomic E-state index is 14.7. The molecule has 10 heteroatoms. The number of halogens is 1. The van der Waals surface area contributed by atoms with E-state index in [2.05, 4.69) is 15.1 Å². The molecule has 146 valence electrons. The molecule has 1 amide bonds. The van der Waals surface area contributed by atoms with Gasteiger partial charge in [-0.15, -0.1) is 0 Å². The van der Waals surface area contributed by atoms with Crippen molar-refractivity contribution in [2.75, 3.05) is 20.2 Å². The number of amides is 1. The summed E-state index contributed by atoms with van der Waals surface area (Å²) in [4.78, 5) is 20.8. The lowest BCUT2D eigenvalue weighted by molar-refractivity contribution is 0.0738. The Kier molecular flexibility index (Phi) is 4.68. The molecule has 1 atom stereocenters. The summed E-state index contributed by atoms with van der Waals surface area (Å²) in [5.41, 5.74) is 1.34. The van der Waals surface area contributed by atoms with Crippen LogP contribution in [0.15, 0.2) is 30.6 Å². The van der Waals surface area contributed by atoms with Crippen molar-refractivity contribution in [2.24, 2.45) is 0 Å². The average molecular weight is 387 g/mol. The largest absolute Gasteiger partial charge is 0.479 e. The number of piperidine rings is 1. The fraction of sp³-hybridized carbons (Fsp3) is 0.333. The molecular formula is C18H18FN5O4. The quantitative estimate of drug-likeness (QED) is 0.734. The van der Waals surface area contributed by atoms with Gasteiger partial charge in [-0.3, -0.25) is 0 Å². The van der Waals surface area contributed by atoms with Gasteiger partial charge in [-0.2, -0.15) is 19.5 Å². The summed E-state index contributed by atoms with van der Waals surface area (Å²) in [7, 11) is 1.31. The summed E-state index contributed by atoms with van der Waals surface area (Å²) in [5, 5.41) is 13.4. The second kappa shape index (κ2) is 7.29. The molecule has 4 rings (SSSR count). The van der Waals surface area contributed by atoms with Gasteiger partial charge in [-0.25, -0.2) is 9.31 Å². The molecule has 0 bridgehead atoms. The lowest BCUT2D eigenvalue weighted by atomic mass is 10.1. The normalized spacial score (nSPS) is 16.9. The van der Waals surface area contributed by atoms with Crippen molar-refractivity contribution in [3.63, 3.8) is 0 Å². The molecule has 1 saturated heterocycles. The van der Waals surface area contributed by atoms with Gasteiger partial charge in [0.15, 0.2) is 5.82 Å². The number of aromatic nitrogens is 4. The summed E-state index contributed by atoms with van der Waals surface area (Å²) >= 11 is 0. The molecule has 4 heterocycles. The van der Waals surface area contributed by atoms with E-state index >= 15 is 0 Å². The van der Waals surface area contributed by atoms with E-state index in [4.69, 9.17) is 14.6 Å². The van der Waals surface area contributed by atoms with Crippen molar-refractivity contribution in [2.45, 2.75) is 18.9 Å². The van der Waals surface area contributed by atoms with E-state index in [1.807, 2.05) is 18.2 Å². The number of hydrogen-bond donors (Lipinski definition) is 1. The Morgan fingerprint density at radius 1 is 1.32 bits per heavy atom. The van der Waals surface area contributed by atoms with Crippen molar-refractivity contribution in [1.82, 2.24) is 24.5 Å². The molecule has 1 aliphatic rings. The summed E-state index contributed by atoms with van der Waals surface area (Å²) in [6, 6.07) is 5.52. The topological polar surface area (TPSA) is 102 Å². The molecule has 0 unspecified atom stereocenters. The van der Waals surface area contributed by atoms with E-state index in [0.29, 0.717) is 24.9 Å². The molecule has 0 aliphatic carbocycles. The number of likely N-dealkylation sites (tertiary alicyclic amines) is 1. The Hall–Kier alpha value is -3.43. The maximum Gasteiger partial charge on any atom is 0.407 e. The number of carbonyl (C=O) groups is 1. The van der Waals surface area contributed by atoms with Crippen LogP contribution in [0.1, 0.15) is 12.8 Å². The van der Waals surface area contributed by atoms with Gasteiger partial charge in [0.2, 0.25) is 5.82 Å². The Labute approximate surface area is 159 Å². The van der Waals surface area contributed by atoms with Crippen molar-refractivity contribution in [3.05, 3.63) is 36.4 Å². The van der Waals surface area contributed by atoms with Gasteiger partial charge in [0, 0.05) is 12.7 Å². The van der Waals surface area contributed by atoms with Gasteiger partial charge in [0.25, 0.3) is 11.8 Å². The molecule has 3 aromatic heterocycles. The number of nitrogens with zero attached hydrogens (tertiary/aromatic N) is 5. The van der Waals surface area contributed by atoms with Gasteiger partial charge >= 0.3 is 6.09 Å². The molecule has 0 saturated carbocycles. The van der Waals surface area contributed by atoms with Crippen molar-refractivity contribution in [3.8, 4) is 23.1 Å². The molecule has 28 heavy (non-hydrogen) atoms. The zero-order valence-corrected chi connectivity index (χ0v) is 15.1.